The monoisotopic (exact) mass is 833 g/mol. The van der Waals surface area contributed by atoms with Gasteiger partial charge in [0.05, 0.1) is 63.8 Å². The zero-order chi connectivity index (χ0) is 41.7. The van der Waals surface area contributed by atoms with Gasteiger partial charge in [-0.15, -0.1) is 9.46 Å². The summed E-state index contributed by atoms with van der Waals surface area (Å²) in [5, 5.41) is 4.19. The van der Waals surface area contributed by atoms with Crippen LogP contribution in [0.4, 0.5) is 5.69 Å². The van der Waals surface area contributed by atoms with Gasteiger partial charge in [-0.3, -0.25) is 19.0 Å². The summed E-state index contributed by atoms with van der Waals surface area (Å²) in [4.78, 5) is 30.6. The molecule has 3 heterocycles. The van der Waals surface area contributed by atoms with Crippen LogP contribution in [0.25, 0.3) is 0 Å². The molecule has 7 rings (SSSR count). The lowest BCUT2D eigenvalue weighted by atomic mass is 9.68. The Morgan fingerprint density at radius 1 is 1.05 bits per heavy atom. The zero-order valence-corrected chi connectivity index (χ0v) is 36.0. The number of aryl methyl sites for hydroxylation is 3. The molecular formula is C44H59N5O9S. The molecule has 1 fully saturated rings. The van der Waals surface area contributed by atoms with E-state index in [9.17, 15) is 9.59 Å². The summed E-state index contributed by atoms with van der Waals surface area (Å²) in [6.07, 6.45) is 9.81. The summed E-state index contributed by atoms with van der Waals surface area (Å²) in [6, 6.07) is 12.1. The minimum Gasteiger partial charge on any atom is -0.490 e. The van der Waals surface area contributed by atoms with E-state index in [0.717, 1.165) is 44.3 Å². The van der Waals surface area contributed by atoms with Gasteiger partial charge in [0.15, 0.2) is 0 Å². The van der Waals surface area contributed by atoms with E-state index in [-0.39, 0.29) is 46.8 Å². The first-order valence-electron chi connectivity index (χ1n) is 20.6. The maximum atomic E-state index is 15.1. The van der Waals surface area contributed by atoms with Crippen molar-refractivity contribution in [3.8, 4) is 11.6 Å². The predicted molar refractivity (Wildman–Crippen MR) is 225 cm³/mol. The van der Waals surface area contributed by atoms with Crippen molar-refractivity contribution in [2.24, 2.45) is 29.2 Å². The smallest absolute Gasteiger partial charge is 0.286 e. The number of carbonyl (C=O) groups excluding carboxylic acids is 2. The summed E-state index contributed by atoms with van der Waals surface area (Å²) in [5.41, 5.74) is 4.79. The molecule has 0 saturated heterocycles. The average molecular weight is 834 g/mol. The molecule has 2 aliphatic carbocycles. The molecule has 2 aliphatic heterocycles. The van der Waals surface area contributed by atoms with Crippen LogP contribution in [-0.2, 0) is 47.7 Å². The zero-order valence-electron chi connectivity index (χ0n) is 35.1. The summed E-state index contributed by atoms with van der Waals surface area (Å²) in [7, 11) is 2.61. The number of nitrogens with one attached hydrogen (secondary N) is 1. The Morgan fingerprint density at radius 2 is 1.86 bits per heavy atom. The van der Waals surface area contributed by atoms with Gasteiger partial charge in [-0.2, -0.15) is 0 Å². The van der Waals surface area contributed by atoms with E-state index >= 15 is 4.21 Å². The highest BCUT2D eigenvalue weighted by Crippen LogP contribution is 2.47. The van der Waals surface area contributed by atoms with Crippen molar-refractivity contribution in [2.75, 3.05) is 78.1 Å². The van der Waals surface area contributed by atoms with E-state index in [1.165, 1.54) is 34.7 Å². The van der Waals surface area contributed by atoms with Gasteiger partial charge in [0.1, 0.15) is 21.2 Å². The van der Waals surface area contributed by atoms with Crippen LogP contribution in [0.1, 0.15) is 70.0 Å². The Bertz CT molecular complexity index is 2150. The van der Waals surface area contributed by atoms with Crippen molar-refractivity contribution in [1.29, 1.82) is 0 Å². The number of aromatic nitrogens is 2. The SMILES string of the molecule is COCCOCCO[C@H]1/C=C/[C@H](OC)[C@@H]2CC[C@H]2CN2C[C@@]3(CCCc4cc(C)ccc43)COc3ccc(cc32)C(=O)N=S(=O)(NC(=O)c2cn(C)nc2OC)C[C@H]1C. The lowest BCUT2D eigenvalue weighted by Gasteiger charge is -2.46. The maximum Gasteiger partial charge on any atom is 0.286 e. The second-order valence-corrected chi connectivity index (χ2v) is 18.5. The first-order chi connectivity index (χ1) is 28.4. The molecule has 15 heteroatoms. The molecule has 1 aromatic heterocycles. The van der Waals surface area contributed by atoms with Gasteiger partial charge in [-0.1, -0.05) is 42.8 Å². The predicted octanol–water partition coefficient (Wildman–Crippen LogP) is 5.46. The molecule has 2 amide bonds. The van der Waals surface area contributed by atoms with Crippen molar-refractivity contribution in [3.05, 3.63) is 82.6 Å². The average Bonchev–Trinajstić information content (AvgIpc) is 3.52. The topological polar surface area (TPSA) is 152 Å². The molecule has 1 saturated carbocycles. The molecule has 3 aromatic rings. The number of hydrogen-bond acceptors (Lipinski definition) is 11. The van der Waals surface area contributed by atoms with Crippen LogP contribution in [0.5, 0.6) is 11.6 Å². The number of rotatable bonds is 11. The Labute approximate surface area is 348 Å². The van der Waals surface area contributed by atoms with Crippen LogP contribution in [0, 0.1) is 24.7 Å². The normalized spacial score (nSPS) is 28.6. The van der Waals surface area contributed by atoms with Gasteiger partial charge in [-0.25, -0.2) is 4.21 Å². The molecular weight excluding hydrogens is 775 g/mol. The Kier molecular flexibility index (Phi) is 13.5. The van der Waals surface area contributed by atoms with Crippen molar-refractivity contribution in [1.82, 2.24) is 14.5 Å². The second-order valence-electron chi connectivity index (χ2n) is 16.5. The lowest BCUT2D eigenvalue weighted by molar-refractivity contribution is -0.00683. The van der Waals surface area contributed by atoms with Gasteiger partial charge in [-0.05, 0) is 80.2 Å². The molecule has 1 spiro atoms. The molecule has 1 unspecified atom stereocenters. The number of fused-ring (bicyclic) bond motifs is 4. The quantitative estimate of drug-likeness (QED) is 0.194. The molecule has 2 bridgehead atoms. The number of amides is 2. The molecule has 2 aromatic carbocycles. The van der Waals surface area contributed by atoms with Crippen molar-refractivity contribution < 1.29 is 42.2 Å². The number of hydrogen-bond donors (Lipinski definition) is 1. The third kappa shape index (κ3) is 9.54. The van der Waals surface area contributed by atoms with Gasteiger partial charge in [0.25, 0.3) is 11.8 Å². The summed E-state index contributed by atoms with van der Waals surface area (Å²) >= 11 is 0. The fourth-order valence-corrected chi connectivity index (χ4v) is 11.0. The third-order valence-electron chi connectivity index (χ3n) is 12.3. The first-order valence-corrected chi connectivity index (χ1v) is 22.3. The van der Waals surface area contributed by atoms with Crippen LogP contribution in [0.2, 0.25) is 0 Å². The van der Waals surface area contributed by atoms with Gasteiger partial charge >= 0.3 is 0 Å². The molecule has 1 N–H and O–H groups in total. The van der Waals surface area contributed by atoms with Crippen LogP contribution < -0.4 is 19.1 Å². The fourth-order valence-electron chi connectivity index (χ4n) is 9.17. The summed E-state index contributed by atoms with van der Waals surface area (Å²) in [5.74, 6) is -0.834. The maximum absolute atomic E-state index is 15.1. The molecule has 0 radical (unpaired) electrons. The number of ether oxygens (including phenoxy) is 6. The largest absolute Gasteiger partial charge is 0.490 e. The van der Waals surface area contributed by atoms with Crippen molar-refractivity contribution >= 4 is 27.4 Å². The minimum absolute atomic E-state index is 0.0532. The van der Waals surface area contributed by atoms with Gasteiger partial charge < -0.3 is 33.3 Å². The van der Waals surface area contributed by atoms with E-state index < -0.39 is 33.8 Å². The summed E-state index contributed by atoms with van der Waals surface area (Å²) in [6.45, 7) is 7.41. The number of anilines is 1. The Morgan fingerprint density at radius 3 is 2.63 bits per heavy atom. The number of benzene rings is 2. The number of methoxy groups -OCH3 is 3. The van der Waals surface area contributed by atoms with Crippen LogP contribution >= 0.6 is 0 Å². The standard InChI is InChI=1S/C44H59N5O9S/c1-29-9-13-36-31(22-29)8-7-17-44(36)27-49-24-33-10-12-34(33)39(54-5)16-15-38(57-21-20-56-19-18-53-4)30(2)26-59(52,47-42(51)35-25-48(3)45-43(35)55-6)46-41(50)32-11-14-40(58-28-44)37(49)23-32/h9,11,13-16,22-23,25,30,33-34,38-39H,7-8,10,12,17-21,24,26-28H2,1-6H3,(H,46,47,50,51,52)/b16-15+/t30-,33+,34-,38+,39+,44+,59?/m1/s1. The molecule has 4 aliphatic rings. The van der Waals surface area contributed by atoms with Crippen LogP contribution in [0.3, 0.4) is 0 Å². The fraction of sp³-hybridized carbons (Fsp3) is 0.568. The van der Waals surface area contributed by atoms with Crippen molar-refractivity contribution in [2.45, 2.75) is 63.6 Å². The highest BCUT2D eigenvalue weighted by Gasteiger charge is 2.44. The molecule has 14 nitrogen and oxygen atoms in total. The lowest BCUT2D eigenvalue weighted by Crippen LogP contribution is -2.49. The van der Waals surface area contributed by atoms with Crippen LogP contribution in [0.15, 0.2) is 59.1 Å². The Balaban J connectivity index is 1.30. The molecule has 59 heavy (non-hydrogen) atoms. The van der Waals surface area contributed by atoms with E-state index in [2.05, 4.69) is 50.3 Å². The number of carbonyl (C=O) groups is 2. The third-order valence-corrected chi connectivity index (χ3v) is 14.3. The van der Waals surface area contributed by atoms with Gasteiger partial charge in [0, 0.05) is 57.4 Å². The van der Waals surface area contributed by atoms with E-state index in [1.807, 2.05) is 25.1 Å². The minimum atomic E-state index is -3.79. The highest BCUT2D eigenvalue weighted by atomic mass is 32.2. The number of nitrogens with zero attached hydrogens (tertiary/aromatic N) is 4. The van der Waals surface area contributed by atoms with Gasteiger partial charge in [0.2, 0.25) is 5.88 Å². The van der Waals surface area contributed by atoms with E-state index in [1.54, 1.807) is 27.3 Å². The first kappa shape index (κ1) is 42.8. The molecule has 320 valence electrons. The second kappa shape index (κ2) is 18.5. The highest BCUT2D eigenvalue weighted by molar-refractivity contribution is 7.92. The van der Waals surface area contributed by atoms with E-state index in [4.69, 9.17) is 28.4 Å². The van der Waals surface area contributed by atoms with Crippen LogP contribution in [-0.4, -0.2) is 111 Å². The summed E-state index contributed by atoms with van der Waals surface area (Å²) < 4.78 is 58.9. The van der Waals surface area contributed by atoms with Crippen molar-refractivity contribution in [3.63, 3.8) is 0 Å². The Hall–Kier alpha value is -4.28. The van der Waals surface area contributed by atoms with E-state index in [0.29, 0.717) is 44.6 Å². The molecule has 7 atom stereocenters.